The summed E-state index contributed by atoms with van der Waals surface area (Å²) in [6.07, 6.45) is 12.0. The number of hydrogen-bond donors (Lipinski definition) is 2. The van der Waals surface area contributed by atoms with Crippen LogP contribution >= 0.6 is 0 Å². The molecule has 2 N–H and O–H groups in total. The first-order chi connectivity index (χ1) is 9.95. The Balaban J connectivity index is 1.68. The van der Waals surface area contributed by atoms with Crippen molar-refractivity contribution in [2.24, 2.45) is 28.6 Å². The molecule has 4 aliphatic carbocycles. The molecule has 116 valence electrons. The van der Waals surface area contributed by atoms with Gasteiger partial charge in [-0.2, -0.15) is 0 Å². The maximum Gasteiger partial charge on any atom is 0.0944 e. The first-order valence-corrected chi connectivity index (χ1v) is 8.74. The Morgan fingerprint density at radius 3 is 2.62 bits per heavy atom. The summed E-state index contributed by atoms with van der Waals surface area (Å²) in [6, 6.07) is 0. The van der Waals surface area contributed by atoms with Gasteiger partial charge in [0, 0.05) is 5.41 Å². The highest BCUT2D eigenvalue weighted by molar-refractivity contribution is 5.27. The highest BCUT2D eigenvalue weighted by Crippen LogP contribution is 2.65. The predicted octanol–water partition coefficient (Wildman–Crippen LogP) is 4.36. The zero-order chi connectivity index (χ0) is 14.8. The highest BCUT2D eigenvalue weighted by atomic mass is 16.3. The molecule has 0 radical (unpaired) electrons. The van der Waals surface area contributed by atoms with E-state index in [1.54, 1.807) is 0 Å². The summed E-state index contributed by atoms with van der Waals surface area (Å²) in [5.74, 6) is 2.81. The van der Waals surface area contributed by atoms with Gasteiger partial charge in [-0.15, -0.1) is 0 Å². The lowest BCUT2D eigenvalue weighted by molar-refractivity contribution is -0.0443. The average Bonchev–Trinajstić information content (AvgIpc) is 2.76. The standard InChI is InChI=1S/C19H28O2/c1-18-9-7-13(20)11-12(18)3-4-14-15-5-6-17(21)19(15,2)10-8-16(14)18/h6,11,13-16,20-21H,3-5,7-10H2,1-2H3/t13?,14-,15-,16+,18-,19-/m0/s1. The van der Waals surface area contributed by atoms with Crippen molar-refractivity contribution < 1.29 is 10.2 Å². The molecule has 0 aliphatic heterocycles. The van der Waals surface area contributed by atoms with Crippen molar-refractivity contribution >= 4 is 0 Å². The third-order valence-electron chi connectivity index (χ3n) is 7.63. The molecule has 4 rings (SSSR count). The van der Waals surface area contributed by atoms with Crippen LogP contribution < -0.4 is 0 Å². The number of aliphatic hydroxyl groups is 2. The zero-order valence-corrected chi connectivity index (χ0v) is 13.3. The quantitative estimate of drug-likeness (QED) is 0.650. The van der Waals surface area contributed by atoms with Crippen molar-refractivity contribution in [2.45, 2.75) is 64.9 Å². The molecular formula is C19H28O2. The SMILES string of the molecule is C[C@]12CCC(O)C=C1CC[C@@H]1[C@H]2CC[C@]2(C)C(O)=CC[C@@H]12. The number of hydrogen-bond acceptors (Lipinski definition) is 2. The maximum atomic E-state index is 10.3. The van der Waals surface area contributed by atoms with Gasteiger partial charge in [0.2, 0.25) is 0 Å². The van der Waals surface area contributed by atoms with E-state index in [1.165, 1.54) is 18.4 Å². The van der Waals surface area contributed by atoms with E-state index >= 15 is 0 Å². The molecule has 0 bridgehead atoms. The van der Waals surface area contributed by atoms with E-state index in [-0.39, 0.29) is 11.5 Å². The van der Waals surface area contributed by atoms with Crippen LogP contribution in [-0.4, -0.2) is 16.3 Å². The van der Waals surface area contributed by atoms with E-state index in [0.717, 1.165) is 43.9 Å². The molecule has 0 aromatic rings. The Hall–Kier alpha value is -0.760. The van der Waals surface area contributed by atoms with Crippen molar-refractivity contribution in [1.82, 2.24) is 0 Å². The van der Waals surface area contributed by atoms with E-state index in [4.69, 9.17) is 0 Å². The maximum absolute atomic E-state index is 10.3. The number of rotatable bonds is 0. The summed E-state index contributed by atoms with van der Waals surface area (Å²) in [7, 11) is 0. The largest absolute Gasteiger partial charge is 0.512 e. The summed E-state index contributed by atoms with van der Waals surface area (Å²) < 4.78 is 0. The lowest BCUT2D eigenvalue weighted by atomic mass is 9.47. The minimum atomic E-state index is -0.212. The normalized spacial score (nSPS) is 52.3. The fourth-order valence-electron chi connectivity index (χ4n) is 6.25. The lowest BCUT2D eigenvalue weighted by Crippen LogP contribution is -2.50. The van der Waals surface area contributed by atoms with Gasteiger partial charge in [0.15, 0.2) is 0 Å². The van der Waals surface area contributed by atoms with Gasteiger partial charge >= 0.3 is 0 Å². The van der Waals surface area contributed by atoms with E-state index < -0.39 is 0 Å². The fourth-order valence-corrected chi connectivity index (χ4v) is 6.25. The Bertz CT molecular complexity index is 520. The van der Waals surface area contributed by atoms with E-state index in [2.05, 4.69) is 26.0 Å². The van der Waals surface area contributed by atoms with Gasteiger partial charge in [-0.05, 0) is 74.2 Å². The second-order valence-corrected chi connectivity index (χ2v) is 8.41. The molecule has 0 aromatic heterocycles. The van der Waals surface area contributed by atoms with Crippen LogP contribution in [0.3, 0.4) is 0 Å². The van der Waals surface area contributed by atoms with E-state index in [0.29, 0.717) is 17.1 Å². The average molecular weight is 288 g/mol. The number of allylic oxidation sites excluding steroid dienone is 3. The first kappa shape index (κ1) is 13.9. The van der Waals surface area contributed by atoms with Gasteiger partial charge < -0.3 is 10.2 Å². The number of aliphatic hydroxyl groups excluding tert-OH is 2. The van der Waals surface area contributed by atoms with Crippen LogP contribution in [0.4, 0.5) is 0 Å². The zero-order valence-electron chi connectivity index (χ0n) is 13.3. The van der Waals surface area contributed by atoms with Gasteiger partial charge in [0.05, 0.1) is 11.9 Å². The second kappa shape index (κ2) is 4.38. The Kier molecular flexibility index (Phi) is 2.89. The van der Waals surface area contributed by atoms with Crippen LogP contribution in [-0.2, 0) is 0 Å². The van der Waals surface area contributed by atoms with Gasteiger partial charge in [-0.1, -0.05) is 25.5 Å². The van der Waals surface area contributed by atoms with Crippen molar-refractivity contribution in [2.75, 3.05) is 0 Å². The van der Waals surface area contributed by atoms with Crippen LogP contribution in [0.2, 0.25) is 0 Å². The Morgan fingerprint density at radius 2 is 1.81 bits per heavy atom. The first-order valence-electron chi connectivity index (χ1n) is 8.74. The number of fused-ring (bicyclic) bond motifs is 5. The molecule has 21 heavy (non-hydrogen) atoms. The molecule has 4 aliphatic rings. The summed E-state index contributed by atoms with van der Waals surface area (Å²) in [6.45, 7) is 4.73. The van der Waals surface area contributed by atoms with Crippen molar-refractivity contribution in [3.05, 3.63) is 23.5 Å². The monoisotopic (exact) mass is 288 g/mol. The molecule has 0 aromatic carbocycles. The Labute approximate surface area is 127 Å². The highest BCUT2D eigenvalue weighted by Gasteiger charge is 2.57. The third-order valence-corrected chi connectivity index (χ3v) is 7.63. The van der Waals surface area contributed by atoms with Crippen LogP contribution in [0.15, 0.2) is 23.5 Å². The van der Waals surface area contributed by atoms with Crippen molar-refractivity contribution in [1.29, 1.82) is 0 Å². The molecule has 0 spiro atoms. The topological polar surface area (TPSA) is 40.5 Å². The smallest absolute Gasteiger partial charge is 0.0944 e. The van der Waals surface area contributed by atoms with Gasteiger partial charge in [0.1, 0.15) is 0 Å². The van der Waals surface area contributed by atoms with Crippen LogP contribution in [0.1, 0.15) is 58.8 Å². The molecule has 1 unspecified atom stereocenters. The van der Waals surface area contributed by atoms with E-state index in [9.17, 15) is 10.2 Å². The molecule has 0 saturated heterocycles. The molecule has 2 fully saturated rings. The van der Waals surface area contributed by atoms with Crippen LogP contribution in [0.25, 0.3) is 0 Å². The molecular weight excluding hydrogens is 260 g/mol. The third kappa shape index (κ3) is 1.75. The summed E-state index contributed by atoms with van der Waals surface area (Å²) in [5, 5.41) is 20.3. The molecule has 0 heterocycles. The lowest BCUT2D eigenvalue weighted by Gasteiger charge is -2.57. The second-order valence-electron chi connectivity index (χ2n) is 8.41. The van der Waals surface area contributed by atoms with Gasteiger partial charge in [-0.3, -0.25) is 0 Å². The molecule has 0 amide bonds. The fraction of sp³-hybridized carbons (Fsp3) is 0.789. The van der Waals surface area contributed by atoms with Crippen molar-refractivity contribution in [3.8, 4) is 0 Å². The minimum absolute atomic E-state index is 0.0485. The van der Waals surface area contributed by atoms with Crippen LogP contribution in [0.5, 0.6) is 0 Å². The summed E-state index contributed by atoms with van der Waals surface area (Å²) >= 11 is 0. The summed E-state index contributed by atoms with van der Waals surface area (Å²) in [5.41, 5.74) is 1.88. The van der Waals surface area contributed by atoms with Gasteiger partial charge in [-0.25, -0.2) is 0 Å². The van der Waals surface area contributed by atoms with E-state index in [1.807, 2.05) is 0 Å². The predicted molar refractivity (Wildman–Crippen MR) is 83.8 cm³/mol. The van der Waals surface area contributed by atoms with Gasteiger partial charge in [0.25, 0.3) is 0 Å². The summed E-state index contributed by atoms with van der Waals surface area (Å²) in [4.78, 5) is 0. The van der Waals surface area contributed by atoms with Crippen LogP contribution in [0, 0.1) is 28.6 Å². The molecule has 2 saturated carbocycles. The molecule has 2 heteroatoms. The Morgan fingerprint density at radius 1 is 1.05 bits per heavy atom. The molecule has 2 nitrogen and oxygen atoms in total. The van der Waals surface area contributed by atoms with Crippen molar-refractivity contribution in [3.63, 3.8) is 0 Å². The minimum Gasteiger partial charge on any atom is -0.512 e. The molecule has 6 atom stereocenters.